The Labute approximate surface area is 142 Å². The van der Waals surface area contributed by atoms with Gasteiger partial charge in [0.15, 0.2) is 0 Å². The fourth-order valence-corrected chi connectivity index (χ4v) is 4.04. The first-order valence-electron chi connectivity index (χ1n) is 7.08. The first-order chi connectivity index (χ1) is 11.5. The summed E-state index contributed by atoms with van der Waals surface area (Å²) in [6, 6.07) is 7.28. The summed E-state index contributed by atoms with van der Waals surface area (Å²) in [6.45, 7) is 1.65. The SMILES string of the molecule is Cc1cc(F)ccc1S(=O)(=O)NCCc1nnc(-c2cccs2)o1. The molecule has 0 aliphatic carbocycles. The van der Waals surface area contributed by atoms with Crippen LogP contribution in [0.3, 0.4) is 0 Å². The van der Waals surface area contributed by atoms with E-state index in [9.17, 15) is 12.8 Å². The Kier molecular flexibility index (Phi) is 4.74. The lowest BCUT2D eigenvalue weighted by atomic mass is 10.2. The molecule has 6 nitrogen and oxygen atoms in total. The standard InChI is InChI=1S/C15H14FN3O3S2/c1-10-9-11(16)4-5-13(10)24(20,21)17-7-6-14-18-19-15(22-14)12-3-2-8-23-12/h2-5,8-9,17H,6-7H2,1H3. The fourth-order valence-electron chi connectivity index (χ4n) is 2.14. The second kappa shape index (κ2) is 6.80. The lowest BCUT2D eigenvalue weighted by Crippen LogP contribution is -2.26. The number of nitrogens with zero attached hydrogens (tertiary/aromatic N) is 2. The molecule has 3 aromatic rings. The van der Waals surface area contributed by atoms with Gasteiger partial charge in [-0.2, -0.15) is 0 Å². The highest BCUT2D eigenvalue weighted by Crippen LogP contribution is 2.23. The molecule has 0 radical (unpaired) electrons. The van der Waals surface area contributed by atoms with Crippen molar-refractivity contribution in [3.63, 3.8) is 0 Å². The molecule has 2 aromatic heterocycles. The summed E-state index contributed by atoms with van der Waals surface area (Å²) in [5.41, 5.74) is 0.347. The Bertz CT molecular complexity index is 937. The van der Waals surface area contributed by atoms with Crippen molar-refractivity contribution in [2.24, 2.45) is 0 Å². The molecule has 0 saturated heterocycles. The molecule has 1 aromatic carbocycles. The van der Waals surface area contributed by atoms with E-state index in [1.165, 1.54) is 23.5 Å². The van der Waals surface area contributed by atoms with Crippen LogP contribution in [-0.4, -0.2) is 25.2 Å². The quantitative estimate of drug-likeness (QED) is 0.724. The third-order valence-electron chi connectivity index (χ3n) is 3.26. The number of hydrogen-bond donors (Lipinski definition) is 1. The number of rotatable bonds is 6. The van der Waals surface area contributed by atoms with Crippen molar-refractivity contribution in [2.45, 2.75) is 18.2 Å². The monoisotopic (exact) mass is 367 g/mol. The molecule has 9 heteroatoms. The molecule has 0 saturated carbocycles. The average Bonchev–Trinajstić information content (AvgIpc) is 3.17. The van der Waals surface area contributed by atoms with Gasteiger partial charge in [-0.25, -0.2) is 17.5 Å². The van der Waals surface area contributed by atoms with E-state index in [0.29, 0.717) is 17.3 Å². The molecule has 24 heavy (non-hydrogen) atoms. The van der Waals surface area contributed by atoms with Crippen LogP contribution in [0.25, 0.3) is 10.8 Å². The van der Waals surface area contributed by atoms with Gasteiger partial charge in [-0.1, -0.05) is 6.07 Å². The summed E-state index contributed by atoms with van der Waals surface area (Å²) in [5, 5.41) is 9.73. The van der Waals surface area contributed by atoms with Crippen LogP contribution in [0.1, 0.15) is 11.5 Å². The molecular formula is C15H14FN3O3S2. The molecule has 126 valence electrons. The van der Waals surface area contributed by atoms with Gasteiger partial charge in [-0.15, -0.1) is 21.5 Å². The van der Waals surface area contributed by atoms with E-state index < -0.39 is 15.8 Å². The smallest absolute Gasteiger partial charge is 0.257 e. The Morgan fingerprint density at radius 1 is 1.29 bits per heavy atom. The van der Waals surface area contributed by atoms with Crippen LogP contribution in [0.2, 0.25) is 0 Å². The minimum Gasteiger partial charge on any atom is -0.420 e. The maximum absolute atomic E-state index is 13.1. The molecule has 1 N–H and O–H groups in total. The predicted octanol–water partition coefficient (Wildman–Crippen LogP) is 2.77. The van der Waals surface area contributed by atoms with Crippen LogP contribution in [0, 0.1) is 12.7 Å². The zero-order chi connectivity index (χ0) is 17.2. The summed E-state index contributed by atoms with van der Waals surface area (Å²) >= 11 is 1.48. The van der Waals surface area contributed by atoms with Gasteiger partial charge in [0.1, 0.15) is 5.82 Å². The van der Waals surface area contributed by atoms with Gasteiger partial charge >= 0.3 is 0 Å². The van der Waals surface area contributed by atoms with E-state index in [1.54, 1.807) is 6.92 Å². The number of sulfonamides is 1. The number of nitrogens with one attached hydrogen (secondary N) is 1. The largest absolute Gasteiger partial charge is 0.420 e. The van der Waals surface area contributed by atoms with Gasteiger partial charge < -0.3 is 4.42 Å². The molecule has 0 atom stereocenters. The van der Waals surface area contributed by atoms with E-state index >= 15 is 0 Å². The van der Waals surface area contributed by atoms with Gasteiger partial charge in [0.2, 0.25) is 15.9 Å². The topological polar surface area (TPSA) is 85.1 Å². The summed E-state index contributed by atoms with van der Waals surface area (Å²) in [4.78, 5) is 0.907. The highest BCUT2D eigenvalue weighted by atomic mass is 32.2. The van der Waals surface area contributed by atoms with Gasteiger partial charge in [-0.05, 0) is 42.1 Å². The zero-order valence-corrected chi connectivity index (χ0v) is 14.3. The van der Waals surface area contributed by atoms with Crippen molar-refractivity contribution >= 4 is 21.4 Å². The predicted molar refractivity (Wildman–Crippen MR) is 87.6 cm³/mol. The first-order valence-corrected chi connectivity index (χ1v) is 9.44. The van der Waals surface area contributed by atoms with Crippen molar-refractivity contribution in [3.05, 3.63) is 53.0 Å². The minimum absolute atomic E-state index is 0.0497. The van der Waals surface area contributed by atoms with E-state index in [-0.39, 0.29) is 17.9 Å². The summed E-state index contributed by atoms with van der Waals surface area (Å²) in [5.74, 6) is 0.285. The number of halogens is 1. The molecule has 0 amide bonds. The second-order valence-electron chi connectivity index (χ2n) is 5.04. The minimum atomic E-state index is -3.72. The Balaban J connectivity index is 1.63. The van der Waals surface area contributed by atoms with Crippen LogP contribution in [0.15, 0.2) is 45.0 Å². The molecule has 0 fully saturated rings. The number of benzene rings is 1. The second-order valence-corrected chi connectivity index (χ2v) is 7.72. The molecule has 0 bridgehead atoms. The van der Waals surface area contributed by atoms with Gasteiger partial charge in [0.25, 0.3) is 5.89 Å². The summed E-state index contributed by atoms with van der Waals surface area (Å²) < 4.78 is 45.5. The molecular weight excluding hydrogens is 353 g/mol. The number of aryl methyl sites for hydroxylation is 1. The average molecular weight is 367 g/mol. The molecule has 3 rings (SSSR count). The number of thiophene rings is 1. The van der Waals surface area contributed by atoms with Crippen molar-refractivity contribution < 1.29 is 17.2 Å². The fraction of sp³-hybridized carbons (Fsp3) is 0.200. The Morgan fingerprint density at radius 3 is 2.83 bits per heavy atom. The normalized spacial score (nSPS) is 11.8. The highest BCUT2D eigenvalue weighted by Gasteiger charge is 2.17. The van der Waals surface area contributed by atoms with E-state index in [4.69, 9.17) is 4.42 Å². The van der Waals surface area contributed by atoms with Gasteiger partial charge in [0, 0.05) is 13.0 Å². The molecule has 0 aliphatic heterocycles. The van der Waals surface area contributed by atoms with Crippen molar-refractivity contribution in [1.82, 2.24) is 14.9 Å². The lowest BCUT2D eigenvalue weighted by Gasteiger charge is -2.08. The maximum atomic E-state index is 13.1. The van der Waals surface area contributed by atoms with Crippen LogP contribution >= 0.6 is 11.3 Å². The van der Waals surface area contributed by atoms with Gasteiger partial charge in [-0.3, -0.25) is 0 Å². The van der Waals surface area contributed by atoms with E-state index in [2.05, 4.69) is 14.9 Å². The van der Waals surface area contributed by atoms with E-state index in [1.807, 2.05) is 17.5 Å². The lowest BCUT2D eigenvalue weighted by molar-refractivity contribution is 0.503. The van der Waals surface area contributed by atoms with E-state index in [0.717, 1.165) is 10.9 Å². The van der Waals surface area contributed by atoms with Crippen molar-refractivity contribution in [1.29, 1.82) is 0 Å². The third-order valence-corrected chi connectivity index (χ3v) is 5.74. The van der Waals surface area contributed by atoms with Crippen LogP contribution in [-0.2, 0) is 16.4 Å². The Morgan fingerprint density at radius 2 is 2.12 bits per heavy atom. The summed E-state index contributed by atoms with van der Waals surface area (Å²) in [6.07, 6.45) is 0.262. The molecule has 0 unspecified atom stereocenters. The third kappa shape index (κ3) is 3.69. The van der Waals surface area contributed by atoms with Crippen LogP contribution in [0.4, 0.5) is 4.39 Å². The van der Waals surface area contributed by atoms with Crippen LogP contribution in [0.5, 0.6) is 0 Å². The summed E-state index contributed by atoms with van der Waals surface area (Å²) in [7, 11) is -3.72. The first kappa shape index (κ1) is 16.7. The highest BCUT2D eigenvalue weighted by molar-refractivity contribution is 7.89. The van der Waals surface area contributed by atoms with Crippen LogP contribution < -0.4 is 4.72 Å². The van der Waals surface area contributed by atoms with Crippen molar-refractivity contribution in [2.75, 3.05) is 6.54 Å². The maximum Gasteiger partial charge on any atom is 0.257 e. The molecule has 0 aliphatic rings. The zero-order valence-electron chi connectivity index (χ0n) is 12.7. The number of hydrogen-bond acceptors (Lipinski definition) is 6. The van der Waals surface area contributed by atoms with Crippen molar-refractivity contribution in [3.8, 4) is 10.8 Å². The van der Waals surface area contributed by atoms with Gasteiger partial charge in [0.05, 0.1) is 9.77 Å². The Hall–Kier alpha value is -2.10. The molecule has 2 heterocycles. The molecule has 0 spiro atoms. The number of aromatic nitrogens is 2.